The third kappa shape index (κ3) is 3.16. The van der Waals surface area contributed by atoms with Crippen LogP contribution >= 0.6 is 0 Å². The molecular formula is C16H17NO3. The predicted molar refractivity (Wildman–Crippen MR) is 76.2 cm³/mol. The van der Waals surface area contributed by atoms with Crippen molar-refractivity contribution in [2.24, 2.45) is 0 Å². The maximum Gasteiger partial charge on any atom is 0.278 e. The van der Waals surface area contributed by atoms with Gasteiger partial charge in [0.15, 0.2) is 0 Å². The van der Waals surface area contributed by atoms with Gasteiger partial charge in [0.05, 0.1) is 12.7 Å². The van der Waals surface area contributed by atoms with Gasteiger partial charge < -0.3 is 4.74 Å². The topological polar surface area (TPSA) is 58.6 Å². The number of methoxy groups -OCH3 is 1. The van der Waals surface area contributed by atoms with Crippen molar-refractivity contribution in [2.45, 2.75) is 13.3 Å². The normalized spacial score (nSPS) is 10.2. The molecule has 0 atom stereocenters. The molecule has 2 aromatic carbocycles. The second kappa shape index (κ2) is 6.21. The SMILES string of the molecule is COc1cc(Cc2ccc(C)cc2)ccc1C(=O)NO. The Hall–Kier alpha value is -2.33. The number of ether oxygens (including phenoxy) is 1. The van der Waals surface area contributed by atoms with Crippen LogP contribution in [0.25, 0.3) is 0 Å². The molecule has 4 nitrogen and oxygen atoms in total. The van der Waals surface area contributed by atoms with Crippen LogP contribution in [0.2, 0.25) is 0 Å². The average Bonchev–Trinajstić information content (AvgIpc) is 2.48. The van der Waals surface area contributed by atoms with Crippen LogP contribution < -0.4 is 10.2 Å². The van der Waals surface area contributed by atoms with Gasteiger partial charge in [-0.15, -0.1) is 0 Å². The highest BCUT2D eigenvalue weighted by molar-refractivity contribution is 5.96. The van der Waals surface area contributed by atoms with Crippen LogP contribution in [-0.2, 0) is 6.42 Å². The number of hydrogen-bond donors (Lipinski definition) is 2. The van der Waals surface area contributed by atoms with Crippen LogP contribution in [0.5, 0.6) is 5.75 Å². The molecule has 0 bridgehead atoms. The largest absolute Gasteiger partial charge is 0.496 e. The summed E-state index contributed by atoms with van der Waals surface area (Å²) in [5.41, 5.74) is 5.38. The van der Waals surface area contributed by atoms with Crippen LogP contribution in [0.15, 0.2) is 42.5 Å². The fourth-order valence-electron chi connectivity index (χ4n) is 2.04. The standard InChI is InChI=1S/C16H17NO3/c1-11-3-5-12(6-4-11)9-13-7-8-14(16(18)17-19)15(10-13)20-2/h3-8,10,19H,9H2,1-2H3,(H,17,18). The number of benzene rings is 2. The molecule has 4 heteroatoms. The Bertz CT molecular complexity index is 606. The van der Waals surface area contributed by atoms with Gasteiger partial charge in [0, 0.05) is 0 Å². The zero-order chi connectivity index (χ0) is 14.5. The second-order valence-electron chi connectivity index (χ2n) is 4.64. The summed E-state index contributed by atoms with van der Waals surface area (Å²) in [5, 5.41) is 8.68. The van der Waals surface area contributed by atoms with Gasteiger partial charge >= 0.3 is 0 Å². The summed E-state index contributed by atoms with van der Waals surface area (Å²) in [6, 6.07) is 13.6. The minimum atomic E-state index is -0.580. The van der Waals surface area contributed by atoms with Crippen molar-refractivity contribution in [2.75, 3.05) is 7.11 Å². The Morgan fingerprint density at radius 3 is 2.40 bits per heavy atom. The highest BCUT2D eigenvalue weighted by atomic mass is 16.5. The summed E-state index contributed by atoms with van der Waals surface area (Å²) < 4.78 is 5.19. The zero-order valence-electron chi connectivity index (χ0n) is 11.5. The fourth-order valence-corrected chi connectivity index (χ4v) is 2.04. The van der Waals surface area contributed by atoms with E-state index in [4.69, 9.17) is 9.94 Å². The molecule has 0 aromatic heterocycles. The van der Waals surface area contributed by atoms with Crippen molar-refractivity contribution in [1.82, 2.24) is 5.48 Å². The van der Waals surface area contributed by atoms with Crippen molar-refractivity contribution in [1.29, 1.82) is 0 Å². The van der Waals surface area contributed by atoms with Crippen LogP contribution in [0.4, 0.5) is 0 Å². The number of carbonyl (C=O) groups excluding carboxylic acids is 1. The summed E-state index contributed by atoms with van der Waals surface area (Å²) in [6.07, 6.45) is 0.762. The van der Waals surface area contributed by atoms with Crippen molar-refractivity contribution in [3.8, 4) is 5.75 Å². The lowest BCUT2D eigenvalue weighted by atomic mass is 10.0. The lowest BCUT2D eigenvalue weighted by Gasteiger charge is -2.09. The lowest BCUT2D eigenvalue weighted by Crippen LogP contribution is -2.19. The van der Waals surface area contributed by atoms with E-state index >= 15 is 0 Å². The van der Waals surface area contributed by atoms with E-state index in [9.17, 15) is 4.79 Å². The van der Waals surface area contributed by atoms with Crippen molar-refractivity contribution in [3.63, 3.8) is 0 Å². The molecule has 0 aliphatic heterocycles. The molecule has 0 saturated heterocycles. The molecule has 20 heavy (non-hydrogen) atoms. The number of hydrogen-bond acceptors (Lipinski definition) is 3. The van der Waals surface area contributed by atoms with E-state index in [2.05, 4.69) is 31.2 Å². The summed E-state index contributed by atoms with van der Waals surface area (Å²) in [4.78, 5) is 11.5. The third-order valence-electron chi connectivity index (χ3n) is 3.14. The molecule has 2 rings (SSSR count). The van der Waals surface area contributed by atoms with Crippen molar-refractivity contribution < 1.29 is 14.7 Å². The minimum Gasteiger partial charge on any atom is -0.496 e. The molecular weight excluding hydrogens is 254 g/mol. The van der Waals surface area contributed by atoms with Crippen LogP contribution in [0.1, 0.15) is 27.0 Å². The first-order valence-electron chi connectivity index (χ1n) is 6.31. The molecule has 0 aliphatic rings. The summed E-state index contributed by atoms with van der Waals surface area (Å²) >= 11 is 0. The smallest absolute Gasteiger partial charge is 0.278 e. The molecule has 0 heterocycles. The first kappa shape index (κ1) is 14.1. The molecule has 2 aromatic rings. The van der Waals surface area contributed by atoms with E-state index in [0.717, 1.165) is 12.0 Å². The molecule has 104 valence electrons. The monoisotopic (exact) mass is 271 g/mol. The van der Waals surface area contributed by atoms with Crippen molar-refractivity contribution >= 4 is 5.91 Å². The quantitative estimate of drug-likeness (QED) is 0.664. The number of carbonyl (C=O) groups is 1. The number of amides is 1. The molecule has 0 fully saturated rings. The lowest BCUT2D eigenvalue weighted by molar-refractivity contribution is 0.0703. The summed E-state index contributed by atoms with van der Waals surface area (Å²) in [5.74, 6) is -0.134. The van der Waals surface area contributed by atoms with Crippen LogP contribution in [0.3, 0.4) is 0 Å². The van der Waals surface area contributed by atoms with Gasteiger partial charge in [-0.3, -0.25) is 10.0 Å². The molecule has 2 N–H and O–H groups in total. The summed E-state index contributed by atoms with van der Waals surface area (Å²) in [7, 11) is 1.50. The van der Waals surface area contributed by atoms with E-state index in [0.29, 0.717) is 11.3 Å². The van der Waals surface area contributed by atoms with Crippen molar-refractivity contribution in [3.05, 3.63) is 64.7 Å². The Labute approximate surface area is 118 Å². The summed E-state index contributed by atoms with van der Waals surface area (Å²) in [6.45, 7) is 2.05. The Morgan fingerprint density at radius 2 is 1.80 bits per heavy atom. The Morgan fingerprint density at radius 1 is 1.15 bits per heavy atom. The Balaban J connectivity index is 2.25. The number of aryl methyl sites for hydroxylation is 1. The van der Waals surface area contributed by atoms with Gasteiger partial charge in [0.25, 0.3) is 5.91 Å². The predicted octanol–water partition coefficient (Wildman–Crippen LogP) is 2.71. The molecule has 0 spiro atoms. The molecule has 0 saturated carbocycles. The molecule has 0 radical (unpaired) electrons. The third-order valence-corrected chi connectivity index (χ3v) is 3.14. The minimum absolute atomic E-state index is 0.308. The average molecular weight is 271 g/mol. The maximum absolute atomic E-state index is 11.5. The zero-order valence-corrected chi connectivity index (χ0v) is 11.5. The molecule has 0 unspecified atom stereocenters. The fraction of sp³-hybridized carbons (Fsp3) is 0.188. The maximum atomic E-state index is 11.5. The number of rotatable bonds is 4. The van der Waals surface area contributed by atoms with E-state index in [1.54, 1.807) is 11.5 Å². The second-order valence-corrected chi connectivity index (χ2v) is 4.64. The molecule has 1 amide bonds. The van der Waals surface area contributed by atoms with Crippen LogP contribution in [-0.4, -0.2) is 18.2 Å². The van der Waals surface area contributed by atoms with Gasteiger partial charge in [-0.05, 0) is 36.6 Å². The van der Waals surface area contributed by atoms with Gasteiger partial charge in [-0.1, -0.05) is 35.9 Å². The highest BCUT2D eigenvalue weighted by Gasteiger charge is 2.12. The van der Waals surface area contributed by atoms with Gasteiger partial charge in [-0.25, -0.2) is 5.48 Å². The van der Waals surface area contributed by atoms with E-state index in [-0.39, 0.29) is 0 Å². The number of hydroxylamine groups is 1. The van der Waals surface area contributed by atoms with Gasteiger partial charge in [-0.2, -0.15) is 0 Å². The van der Waals surface area contributed by atoms with E-state index in [1.807, 2.05) is 12.1 Å². The van der Waals surface area contributed by atoms with Crippen LogP contribution in [0, 0.1) is 6.92 Å². The first-order chi connectivity index (χ1) is 9.63. The van der Waals surface area contributed by atoms with Gasteiger partial charge in [0.2, 0.25) is 0 Å². The van der Waals surface area contributed by atoms with E-state index < -0.39 is 5.91 Å². The Kier molecular flexibility index (Phi) is 4.38. The molecule has 0 aliphatic carbocycles. The highest BCUT2D eigenvalue weighted by Crippen LogP contribution is 2.22. The first-order valence-corrected chi connectivity index (χ1v) is 6.31. The van der Waals surface area contributed by atoms with Gasteiger partial charge in [0.1, 0.15) is 5.75 Å². The number of nitrogens with one attached hydrogen (secondary N) is 1. The van der Waals surface area contributed by atoms with E-state index in [1.165, 1.54) is 18.2 Å².